The summed E-state index contributed by atoms with van der Waals surface area (Å²) in [4.78, 5) is 11.4. The van der Waals surface area contributed by atoms with Crippen molar-refractivity contribution in [1.82, 2.24) is 5.32 Å². The molecule has 3 nitrogen and oxygen atoms in total. The van der Waals surface area contributed by atoms with Gasteiger partial charge in [-0.2, -0.15) is 0 Å². The molecule has 0 radical (unpaired) electrons. The molecule has 2 rings (SSSR count). The lowest BCUT2D eigenvalue weighted by Crippen LogP contribution is -2.23. The molecule has 0 bridgehead atoms. The lowest BCUT2D eigenvalue weighted by Gasteiger charge is -2.07. The minimum absolute atomic E-state index is 0.0742. The van der Waals surface area contributed by atoms with E-state index in [9.17, 15) is 13.6 Å². The van der Waals surface area contributed by atoms with Gasteiger partial charge in [-0.1, -0.05) is 36.4 Å². The number of benzene rings is 2. The van der Waals surface area contributed by atoms with Crippen molar-refractivity contribution in [2.75, 3.05) is 0 Å². The molecule has 20 heavy (non-hydrogen) atoms. The van der Waals surface area contributed by atoms with Crippen LogP contribution in [0.25, 0.3) is 0 Å². The summed E-state index contributed by atoms with van der Waals surface area (Å²) < 4.78 is 30.7. The van der Waals surface area contributed by atoms with Crippen LogP contribution in [0.15, 0.2) is 48.5 Å². The number of amides is 1. The quantitative estimate of drug-likeness (QED) is 0.930. The number of rotatable bonds is 4. The Kier molecular flexibility index (Phi) is 4.65. The van der Waals surface area contributed by atoms with Crippen LogP contribution in [-0.2, 0) is 17.9 Å². The van der Waals surface area contributed by atoms with Crippen molar-refractivity contribution in [2.24, 2.45) is 0 Å². The van der Waals surface area contributed by atoms with Crippen LogP contribution in [0.5, 0.6) is 0 Å². The summed E-state index contributed by atoms with van der Waals surface area (Å²) in [5.74, 6) is -1.86. The standard InChI is InChI=1S/C15H13F2NO2/c16-13-7-6-12(8-14(13)17)9-18-15(19)20-10-11-4-2-1-3-5-11/h1-8H,9-10H2,(H,18,19). The normalized spacial score (nSPS) is 10.1. The van der Waals surface area contributed by atoms with Gasteiger partial charge in [0.15, 0.2) is 11.6 Å². The van der Waals surface area contributed by atoms with Gasteiger partial charge in [0, 0.05) is 6.54 Å². The summed E-state index contributed by atoms with van der Waals surface area (Å²) >= 11 is 0. The first-order valence-corrected chi connectivity index (χ1v) is 6.03. The van der Waals surface area contributed by atoms with Gasteiger partial charge in [0.05, 0.1) is 0 Å². The van der Waals surface area contributed by atoms with Crippen molar-refractivity contribution in [2.45, 2.75) is 13.2 Å². The SMILES string of the molecule is O=C(NCc1ccc(F)c(F)c1)OCc1ccccc1. The zero-order valence-electron chi connectivity index (χ0n) is 10.6. The van der Waals surface area contributed by atoms with Crippen LogP contribution < -0.4 is 5.32 Å². The first-order chi connectivity index (χ1) is 9.65. The molecule has 0 spiro atoms. The smallest absolute Gasteiger partial charge is 0.407 e. The summed E-state index contributed by atoms with van der Waals surface area (Å²) in [6, 6.07) is 12.7. The molecule has 0 fully saturated rings. The predicted molar refractivity (Wildman–Crippen MR) is 69.8 cm³/mol. The summed E-state index contributed by atoms with van der Waals surface area (Å²) in [6.45, 7) is 0.231. The van der Waals surface area contributed by atoms with Gasteiger partial charge >= 0.3 is 6.09 Å². The first kappa shape index (κ1) is 14.0. The third-order valence-corrected chi connectivity index (χ3v) is 2.63. The predicted octanol–water partition coefficient (Wildman–Crippen LogP) is 3.39. The van der Waals surface area contributed by atoms with Crippen LogP contribution in [-0.4, -0.2) is 6.09 Å². The number of alkyl carbamates (subject to hydrolysis) is 1. The van der Waals surface area contributed by atoms with E-state index < -0.39 is 17.7 Å². The molecule has 2 aromatic rings. The number of nitrogens with one attached hydrogen (secondary N) is 1. The molecule has 1 amide bonds. The van der Waals surface area contributed by atoms with Crippen LogP contribution in [0.2, 0.25) is 0 Å². The van der Waals surface area contributed by atoms with E-state index in [0.717, 1.165) is 17.7 Å². The molecule has 0 aliphatic rings. The Morgan fingerprint density at radius 2 is 1.75 bits per heavy atom. The topological polar surface area (TPSA) is 38.3 Å². The Morgan fingerprint density at radius 3 is 2.45 bits per heavy atom. The Balaban J connectivity index is 1.79. The Bertz CT molecular complexity index is 588. The molecule has 0 saturated carbocycles. The van der Waals surface area contributed by atoms with Crippen molar-refractivity contribution in [1.29, 1.82) is 0 Å². The van der Waals surface area contributed by atoms with Crippen LogP contribution >= 0.6 is 0 Å². The fourth-order valence-corrected chi connectivity index (χ4v) is 1.60. The van der Waals surface area contributed by atoms with E-state index in [2.05, 4.69) is 5.32 Å². The summed E-state index contributed by atoms with van der Waals surface area (Å²) in [6.07, 6.45) is -0.612. The third kappa shape index (κ3) is 4.05. The fourth-order valence-electron chi connectivity index (χ4n) is 1.60. The van der Waals surface area contributed by atoms with Gasteiger partial charge in [-0.25, -0.2) is 13.6 Å². The van der Waals surface area contributed by atoms with Crippen LogP contribution in [0.3, 0.4) is 0 Å². The molecule has 1 N–H and O–H groups in total. The molecule has 0 aliphatic carbocycles. The molecule has 5 heteroatoms. The van der Waals surface area contributed by atoms with E-state index in [-0.39, 0.29) is 13.2 Å². The second kappa shape index (κ2) is 6.65. The molecule has 104 valence electrons. The maximum Gasteiger partial charge on any atom is 0.407 e. The second-order valence-electron chi connectivity index (χ2n) is 4.16. The number of hydrogen-bond donors (Lipinski definition) is 1. The third-order valence-electron chi connectivity index (χ3n) is 2.63. The molecule has 0 unspecified atom stereocenters. The molecule has 0 atom stereocenters. The Hall–Kier alpha value is -2.43. The molecule has 2 aromatic carbocycles. The van der Waals surface area contributed by atoms with Crippen molar-refractivity contribution in [3.63, 3.8) is 0 Å². The highest BCUT2D eigenvalue weighted by atomic mass is 19.2. The minimum Gasteiger partial charge on any atom is -0.445 e. The fraction of sp³-hybridized carbons (Fsp3) is 0.133. The number of halogens is 2. The van der Waals surface area contributed by atoms with Crippen LogP contribution in [0.1, 0.15) is 11.1 Å². The Morgan fingerprint density at radius 1 is 1.00 bits per heavy atom. The molecule has 0 aliphatic heterocycles. The molecular formula is C15H13F2NO2. The van der Waals surface area contributed by atoms with Gasteiger partial charge in [0.1, 0.15) is 6.61 Å². The highest BCUT2D eigenvalue weighted by Crippen LogP contribution is 2.08. The van der Waals surface area contributed by atoms with Crippen LogP contribution in [0, 0.1) is 11.6 Å². The highest BCUT2D eigenvalue weighted by molar-refractivity contribution is 5.67. The van der Waals surface area contributed by atoms with E-state index in [1.54, 1.807) is 0 Å². The summed E-state index contributed by atoms with van der Waals surface area (Å²) in [7, 11) is 0. The van der Waals surface area contributed by atoms with Crippen molar-refractivity contribution in [3.8, 4) is 0 Å². The van der Waals surface area contributed by atoms with Gasteiger partial charge in [-0.15, -0.1) is 0 Å². The summed E-state index contributed by atoms with van der Waals surface area (Å²) in [5.41, 5.74) is 1.33. The van der Waals surface area contributed by atoms with Crippen LogP contribution in [0.4, 0.5) is 13.6 Å². The largest absolute Gasteiger partial charge is 0.445 e. The molecule has 0 heterocycles. The van der Waals surface area contributed by atoms with E-state index in [0.29, 0.717) is 5.56 Å². The van der Waals surface area contributed by atoms with E-state index in [1.807, 2.05) is 30.3 Å². The van der Waals surface area contributed by atoms with Crippen molar-refractivity contribution >= 4 is 6.09 Å². The van der Waals surface area contributed by atoms with Crippen molar-refractivity contribution < 1.29 is 18.3 Å². The van der Waals surface area contributed by atoms with Gasteiger partial charge in [-0.05, 0) is 23.3 Å². The number of hydrogen-bond acceptors (Lipinski definition) is 2. The average Bonchev–Trinajstić information content (AvgIpc) is 2.47. The van der Waals surface area contributed by atoms with Gasteiger partial charge < -0.3 is 10.1 Å². The highest BCUT2D eigenvalue weighted by Gasteiger charge is 2.05. The number of ether oxygens (including phenoxy) is 1. The first-order valence-electron chi connectivity index (χ1n) is 6.03. The van der Waals surface area contributed by atoms with Crippen molar-refractivity contribution in [3.05, 3.63) is 71.3 Å². The maximum atomic E-state index is 13.0. The lowest BCUT2D eigenvalue weighted by atomic mass is 10.2. The Labute approximate surface area is 115 Å². The van der Waals surface area contributed by atoms with E-state index in [1.165, 1.54) is 6.07 Å². The maximum absolute atomic E-state index is 13.0. The summed E-state index contributed by atoms with van der Waals surface area (Å²) in [5, 5.41) is 2.47. The monoisotopic (exact) mass is 277 g/mol. The van der Waals surface area contributed by atoms with Gasteiger partial charge in [0.25, 0.3) is 0 Å². The van der Waals surface area contributed by atoms with E-state index >= 15 is 0 Å². The zero-order valence-corrected chi connectivity index (χ0v) is 10.6. The van der Waals surface area contributed by atoms with Gasteiger partial charge in [0.2, 0.25) is 0 Å². The zero-order chi connectivity index (χ0) is 14.4. The molecule has 0 saturated heterocycles. The second-order valence-corrected chi connectivity index (χ2v) is 4.16. The minimum atomic E-state index is -0.943. The van der Waals surface area contributed by atoms with Gasteiger partial charge in [-0.3, -0.25) is 0 Å². The average molecular weight is 277 g/mol. The number of carbonyl (C=O) groups excluding carboxylic acids is 1. The molecule has 0 aromatic heterocycles. The lowest BCUT2D eigenvalue weighted by molar-refractivity contribution is 0.139. The number of carbonyl (C=O) groups is 1. The van der Waals surface area contributed by atoms with E-state index in [4.69, 9.17) is 4.74 Å². The molecular weight excluding hydrogens is 264 g/mol.